The van der Waals surface area contributed by atoms with Crippen LogP contribution in [0.4, 0.5) is 0 Å². The maximum Gasteiger partial charge on any atom is 0.137 e. The SMILES string of the molecule is CC(C)(C)OCCOc1ccc(CCN)nc1. The van der Waals surface area contributed by atoms with Crippen LogP contribution in [-0.4, -0.2) is 30.3 Å². The molecule has 17 heavy (non-hydrogen) atoms. The Morgan fingerprint density at radius 2 is 2.00 bits per heavy atom. The molecule has 0 saturated carbocycles. The van der Waals surface area contributed by atoms with Gasteiger partial charge in [0, 0.05) is 12.1 Å². The highest BCUT2D eigenvalue weighted by Crippen LogP contribution is 2.10. The van der Waals surface area contributed by atoms with Gasteiger partial charge in [-0.05, 0) is 39.4 Å². The second-order valence-corrected chi connectivity index (χ2v) is 4.83. The highest BCUT2D eigenvalue weighted by atomic mass is 16.5. The first-order valence-corrected chi connectivity index (χ1v) is 5.93. The van der Waals surface area contributed by atoms with E-state index in [2.05, 4.69) is 4.98 Å². The van der Waals surface area contributed by atoms with Gasteiger partial charge in [0.15, 0.2) is 0 Å². The van der Waals surface area contributed by atoms with Crippen molar-refractivity contribution in [2.45, 2.75) is 32.8 Å². The Labute approximate surface area is 103 Å². The molecule has 0 amide bonds. The Morgan fingerprint density at radius 1 is 1.24 bits per heavy atom. The second kappa shape index (κ2) is 6.57. The van der Waals surface area contributed by atoms with E-state index < -0.39 is 0 Å². The molecule has 0 fully saturated rings. The molecule has 96 valence electrons. The largest absolute Gasteiger partial charge is 0.490 e. The minimum absolute atomic E-state index is 0.118. The highest BCUT2D eigenvalue weighted by molar-refractivity contribution is 5.19. The molecule has 4 nitrogen and oxygen atoms in total. The van der Waals surface area contributed by atoms with Crippen molar-refractivity contribution in [1.82, 2.24) is 4.98 Å². The average Bonchev–Trinajstić information content (AvgIpc) is 2.26. The van der Waals surface area contributed by atoms with Crippen molar-refractivity contribution in [2.24, 2.45) is 5.73 Å². The molecule has 1 rings (SSSR count). The van der Waals surface area contributed by atoms with Crippen LogP contribution in [0.5, 0.6) is 5.75 Å². The Hall–Kier alpha value is -1.13. The van der Waals surface area contributed by atoms with Crippen molar-refractivity contribution in [2.75, 3.05) is 19.8 Å². The third-order valence-corrected chi connectivity index (χ3v) is 2.09. The fraction of sp³-hybridized carbons (Fsp3) is 0.615. The zero-order chi connectivity index (χ0) is 12.7. The molecule has 0 unspecified atom stereocenters. The van der Waals surface area contributed by atoms with E-state index in [1.54, 1.807) is 6.20 Å². The van der Waals surface area contributed by atoms with Crippen molar-refractivity contribution in [1.29, 1.82) is 0 Å². The van der Waals surface area contributed by atoms with E-state index in [4.69, 9.17) is 15.2 Å². The Bertz CT molecular complexity index is 317. The lowest BCUT2D eigenvalue weighted by molar-refractivity contribution is -0.0163. The van der Waals surface area contributed by atoms with Crippen LogP contribution in [0.2, 0.25) is 0 Å². The van der Waals surface area contributed by atoms with Gasteiger partial charge in [-0.3, -0.25) is 4.98 Å². The lowest BCUT2D eigenvalue weighted by atomic mass is 10.2. The molecule has 0 aliphatic carbocycles. The van der Waals surface area contributed by atoms with Gasteiger partial charge >= 0.3 is 0 Å². The Balaban J connectivity index is 2.27. The summed E-state index contributed by atoms with van der Waals surface area (Å²) >= 11 is 0. The third kappa shape index (κ3) is 6.24. The highest BCUT2D eigenvalue weighted by Gasteiger charge is 2.09. The number of rotatable bonds is 6. The predicted octanol–water partition coefficient (Wildman–Crippen LogP) is 1.78. The first kappa shape index (κ1) is 13.9. The molecule has 2 N–H and O–H groups in total. The molecule has 0 aliphatic rings. The van der Waals surface area contributed by atoms with Crippen LogP contribution in [0.1, 0.15) is 26.5 Å². The summed E-state index contributed by atoms with van der Waals surface area (Å²) < 4.78 is 11.1. The second-order valence-electron chi connectivity index (χ2n) is 4.83. The molecular formula is C13H22N2O2. The van der Waals surface area contributed by atoms with Gasteiger partial charge in [-0.15, -0.1) is 0 Å². The summed E-state index contributed by atoms with van der Waals surface area (Å²) in [5.74, 6) is 0.767. The van der Waals surface area contributed by atoms with E-state index in [0.717, 1.165) is 17.9 Å². The van der Waals surface area contributed by atoms with Gasteiger partial charge in [-0.1, -0.05) is 0 Å². The van der Waals surface area contributed by atoms with Gasteiger partial charge in [-0.2, -0.15) is 0 Å². The van der Waals surface area contributed by atoms with Gasteiger partial charge < -0.3 is 15.2 Å². The van der Waals surface area contributed by atoms with Gasteiger partial charge in [-0.25, -0.2) is 0 Å². The third-order valence-electron chi connectivity index (χ3n) is 2.09. The van der Waals surface area contributed by atoms with Gasteiger partial charge in [0.2, 0.25) is 0 Å². The molecule has 0 radical (unpaired) electrons. The van der Waals surface area contributed by atoms with Gasteiger partial charge in [0.1, 0.15) is 12.4 Å². The predicted molar refractivity (Wildman–Crippen MR) is 68.2 cm³/mol. The monoisotopic (exact) mass is 238 g/mol. The van der Waals surface area contributed by atoms with Crippen molar-refractivity contribution < 1.29 is 9.47 Å². The average molecular weight is 238 g/mol. The van der Waals surface area contributed by atoms with Crippen LogP contribution in [0.25, 0.3) is 0 Å². The number of ether oxygens (including phenoxy) is 2. The summed E-state index contributed by atoms with van der Waals surface area (Å²) in [5, 5.41) is 0. The van der Waals surface area contributed by atoms with Crippen LogP contribution in [0, 0.1) is 0 Å². The van der Waals surface area contributed by atoms with Gasteiger partial charge in [0.05, 0.1) is 18.4 Å². The molecule has 0 bridgehead atoms. The summed E-state index contributed by atoms with van der Waals surface area (Å²) in [6.45, 7) is 7.80. The van der Waals surface area contributed by atoms with E-state index in [0.29, 0.717) is 19.8 Å². The van der Waals surface area contributed by atoms with Crippen molar-refractivity contribution in [3.05, 3.63) is 24.0 Å². The minimum atomic E-state index is -0.118. The van der Waals surface area contributed by atoms with Gasteiger partial charge in [0.25, 0.3) is 0 Å². The van der Waals surface area contributed by atoms with Crippen molar-refractivity contribution >= 4 is 0 Å². The molecule has 0 saturated heterocycles. The molecule has 0 spiro atoms. The van der Waals surface area contributed by atoms with Crippen LogP contribution in [-0.2, 0) is 11.2 Å². The smallest absolute Gasteiger partial charge is 0.137 e. The van der Waals surface area contributed by atoms with Crippen LogP contribution < -0.4 is 10.5 Å². The summed E-state index contributed by atoms with van der Waals surface area (Å²) in [6, 6.07) is 3.85. The quantitative estimate of drug-likeness (QED) is 0.767. The van der Waals surface area contributed by atoms with E-state index in [-0.39, 0.29) is 5.60 Å². The number of nitrogens with two attached hydrogens (primary N) is 1. The van der Waals surface area contributed by atoms with Crippen LogP contribution >= 0.6 is 0 Å². The van der Waals surface area contributed by atoms with E-state index in [1.165, 1.54) is 0 Å². The standard InChI is InChI=1S/C13H22N2O2/c1-13(2,3)17-9-8-16-12-5-4-11(6-7-14)15-10-12/h4-5,10H,6-9,14H2,1-3H3. The topological polar surface area (TPSA) is 57.4 Å². The maximum atomic E-state index is 5.55. The summed E-state index contributed by atoms with van der Waals surface area (Å²) in [7, 11) is 0. The molecule has 1 aromatic rings. The van der Waals surface area contributed by atoms with Crippen LogP contribution in [0.3, 0.4) is 0 Å². The number of hydrogen-bond acceptors (Lipinski definition) is 4. The minimum Gasteiger partial charge on any atom is -0.490 e. The molecule has 0 aromatic carbocycles. The molecule has 4 heteroatoms. The number of aromatic nitrogens is 1. The van der Waals surface area contributed by atoms with Crippen molar-refractivity contribution in [3.8, 4) is 5.75 Å². The zero-order valence-corrected chi connectivity index (χ0v) is 10.9. The zero-order valence-electron chi connectivity index (χ0n) is 10.9. The Kier molecular flexibility index (Phi) is 5.38. The molecule has 1 heterocycles. The summed E-state index contributed by atoms with van der Waals surface area (Å²) in [6.07, 6.45) is 2.52. The van der Waals surface area contributed by atoms with E-state index >= 15 is 0 Å². The number of hydrogen-bond donors (Lipinski definition) is 1. The van der Waals surface area contributed by atoms with E-state index in [9.17, 15) is 0 Å². The van der Waals surface area contributed by atoms with Crippen LogP contribution in [0.15, 0.2) is 18.3 Å². The first-order valence-electron chi connectivity index (χ1n) is 5.93. The summed E-state index contributed by atoms with van der Waals surface area (Å²) in [5.41, 5.74) is 6.32. The van der Waals surface area contributed by atoms with E-state index in [1.807, 2.05) is 32.9 Å². The fourth-order valence-electron chi connectivity index (χ4n) is 1.30. The molecule has 0 atom stereocenters. The maximum absolute atomic E-state index is 5.55. The lowest BCUT2D eigenvalue weighted by Gasteiger charge is -2.19. The fourth-order valence-corrected chi connectivity index (χ4v) is 1.30. The lowest BCUT2D eigenvalue weighted by Crippen LogP contribution is -2.22. The number of nitrogens with zero attached hydrogens (tertiary/aromatic N) is 1. The van der Waals surface area contributed by atoms with Crippen molar-refractivity contribution in [3.63, 3.8) is 0 Å². The number of pyridine rings is 1. The normalized spacial score (nSPS) is 11.5. The Morgan fingerprint density at radius 3 is 2.53 bits per heavy atom. The molecular weight excluding hydrogens is 216 g/mol. The first-order chi connectivity index (χ1) is 8.01. The summed E-state index contributed by atoms with van der Waals surface area (Å²) in [4.78, 5) is 4.25. The molecule has 1 aromatic heterocycles. The molecule has 0 aliphatic heterocycles.